The predicted molar refractivity (Wildman–Crippen MR) is 131 cm³/mol. The zero-order valence-corrected chi connectivity index (χ0v) is 20.3. The first-order valence-corrected chi connectivity index (χ1v) is 12.5. The van der Waals surface area contributed by atoms with Gasteiger partial charge in [-0.3, -0.25) is 9.10 Å². The van der Waals surface area contributed by atoms with Crippen LogP contribution in [0.1, 0.15) is 34.8 Å². The second kappa shape index (κ2) is 9.77. The maximum absolute atomic E-state index is 13.4. The Hall–Kier alpha value is -3.52. The first-order chi connectivity index (χ1) is 16.4. The highest BCUT2D eigenvalue weighted by molar-refractivity contribution is 7.92. The Bertz CT molecular complexity index is 1260. The summed E-state index contributed by atoms with van der Waals surface area (Å²) < 4.78 is 38.2. The molecule has 1 saturated heterocycles. The van der Waals surface area contributed by atoms with E-state index in [2.05, 4.69) is 0 Å². The molecule has 1 atom stereocenters. The monoisotopic (exact) mass is 480 g/mol. The van der Waals surface area contributed by atoms with E-state index in [9.17, 15) is 13.2 Å². The molecule has 0 N–H and O–H groups in total. The number of para-hydroxylation sites is 1. The number of nitrogens with zero attached hydrogens (tertiary/aromatic N) is 2. The highest BCUT2D eigenvalue weighted by atomic mass is 32.2. The topological polar surface area (TPSA) is 76.2 Å². The van der Waals surface area contributed by atoms with E-state index in [1.54, 1.807) is 50.6 Å². The summed E-state index contributed by atoms with van der Waals surface area (Å²) in [5.41, 5.74) is 1.94. The molecule has 1 heterocycles. The third-order valence-corrected chi connectivity index (χ3v) is 7.99. The number of sulfonamides is 1. The van der Waals surface area contributed by atoms with Crippen molar-refractivity contribution in [1.29, 1.82) is 0 Å². The Morgan fingerprint density at radius 1 is 0.971 bits per heavy atom. The summed E-state index contributed by atoms with van der Waals surface area (Å²) in [7, 11) is 0.973. The Labute approximate surface area is 200 Å². The number of hydrogen-bond acceptors (Lipinski definition) is 5. The SMILES string of the molecule is COc1ccc([C@@H]2CCCN2C(=O)c2ccc(S(=O)(=O)N(C)c3ccccc3)cc2)c(OC)c1. The molecule has 7 nitrogen and oxygen atoms in total. The Kier molecular flexibility index (Phi) is 6.79. The van der Waals surface area contributed by atoms with Gasteiger partial charge in [0.15, 0.2) is 0 Å². The van der Waals surface area contributed by atoms with Crippen LogP contribution in [0, 0.1) is 0 Å². The van der Waals surface area contributed by atoms with Crippen LogP contribution in [-0.2, 0) is 10.0 Å². The van der Waals surface area contributed by atoms with Crippen LogP contribution in [0.25, 0.3) is 0 Å². The smallest absolute Gasteiger partial charge is 0.264 e. The first-order valence-electron chi connectivity index (χ1n) is 11.0. The van der Waals surface area contributed by atoms with Crippen molar-refractivity contribution in [3.63, 3.8) is 0 Å². The molecule has 0 aliphatic carbocycles. The average Bonchev–Trinajstić information content (AvgIpc) is 3.37. The van der Waals surface area contributed by atoms with Crippen LogP contribution in [0.15, 0.2) is 77.7 Å². The van der Waals surface area contributed by atoms with Gasteiger partial charge in [-0.1, -0.05) is 18.2 Å². The summed E-state index contributed by atoms with van der Waals surface area (Å²) >= 11 is 0. The standard InChI is InChI=1S/C26H28N2O5S/c1-27(20-8-5-4-6-9-20)34(30,31)22-14-11-19(12-15-22)26(29)28-17-7-10-24(28)23-16-13-21(32-2)18-25(23)33-3/h4-6,8-9,11-16,18,24H,7,10,17H2,1-3H3/t24-/m0/s1. The summed E-state index contributed by atoms with van der Waals surface area (Å²) in [4.78, 5) is 15.3. The van der Waals surface area contributed by atoms with Crippen molar-refractivity contribution in [1.82, 2.24) is 4.90 Å². The molecule has 1 amide bonds. The average molecular weight is 481 g/mol. The molecule has 1 aliphatic rings. The molecular formula is C26H28N2O5S. The lowest BCUT2D eigenvalue weighted by molar-refractivity contribution is 0.0734. The predicted octanol–water partition coefficient (Wildman–Crippen LogP) is 4.51. The zero-order chi connectivity index (χ0) is 24.3. The number of methoxy groups -OCH3 is 2. The van der Waals surface area contributed by atoms with Gasteiger partial charge in [-0.15, -0.1) is 0 Å². The number of rotatable bonds is 7. The number of carbonyl (C=O) groups is 1. The Balaban J connectivity index is 1.57. The molecular weight excluding hydrogens is 452 g/mol. The van der Waals surface area contributed by atoms with Crippen LogP contribution in [-0.4, -0.2) is 47.0 Å². The molecule has 0 saturated carbocycles. The van der Waals surface area contributed by atoms with Crippen LogP contribution < -0.4 is 13.8 Å². The summed E-state index contributed by atoms with van der Waals surface area (Å²) in [6, 6.07) is 20.5. The molecule has 8 heteroatoms. The zero-order valence-electron chi connectivity index (χ0n) is 19.5. The number of likely N-dealkylation sites (tertiary alicyclic amines) is 1. The Morgan fingerprint density at radius 3 is 2.32 bits per heavy atom. The van der Waals surface area contributed by atoms with E-state index in [0.29, 0.717) is 29.3 Å². The summed E-state index contributed by atoms with van der Waals surface area (Å²) in [6.07, 6.45) is 1.70. The quantitative estimate of drug-likeness (QED) is 0.498. The molecule has 1 aliphatic heterocycles. The van der Waals surface area contributed by atoms with Crippen molar-refractivity contribution in [2.75, 3.05) is 32.1 Å². The summed E-state index contributed by atoms with van der Waals surface area (Å²) in [5, 5.41) is 0. The fourth-order valence-corrected chi connectivity index (χ4v) is 5.49. The van der Waals surface area contributed by atoms with Gasteiger partial charge in [-0.2, -0.15) is 0 Å². The van der Waals surface area contributed by atoms with E-state index in [1.807, 2.05) is 29.2 Å². The lowest BCUT2D eigenvalue weighted by Gasteiger charge is -2.27. The van der Waals surface area contributed by atoms with Gasteiger partial charge in [0.1, 0.15) is 11.5 Å². The number of benzene rings is 3. The largest absolute Gasteiger partial charge is 0.497 e. The maximum atomic E-state index is 13.4. The third kappa shape index (κ3) is 4.46. The number of amides is 1. The first kappa shape index (κ1) is 23.6. The molecule has 4 rings (SSSR count). The van der Waals surface area contributed by atoms with Gasteiger partial charge in [0, 0.05) is 30.8 Å². The van der Waals surface area contributed by atoms with Crippen LogP contribution >= 0.6 is 0 Å². The molecule has 3 aromatic rings. The number of anilines is 1. The highest BCUT2D eigenvalue weighted by Gasteiger charge is 2.33. The minimum absolute atomic E-state index is 0.124. The van der Waals surface area contributed by atoms with Gasteiger partial charge >= 0.3 is 0 Å². The van der Waals surface area contributed by atoms with Gasteiger partial charge < -0.3 is 14.4 Å². The molecule has 3 aromatic carbocycles. The van der Waals surface area contributed by atoms with E-state index in [1.165, 1.54) is 23.5 Å². The van der Waals surface area contributed by atoms with E-state index < -0.39 is 10.0 Å². The lowest BCUT2D eigenvalue weighted by atomic mass is 10.0. The molecule has 34 heavy (non-hydrogen) atoms. The Morgan fingerprint density at radius 2 is 1.68 bits per heavy atom. The molecule has 0 radical (unpaired) electrons. The minimum Gasteiger partial charge on any atom is -0.497 e. The highest BCUT2D eigenvalue weighted by Crippen LogP contribution is 2.39. The van der Waals surface area contributed by atoms with Crippen molar-refractivity contribution in [3.05, 3.63) is 83.9 Å². The van der Waals surface area contributed by atoms with Crippen LogP contribution in [0.2, 0.25) is 0 Å². The molecule has 0 unspecified atom stereocenters. The van der Waals surface area contributed by atoms with Gasteiger partial charge in [-0.25, -0.2) is 8.42 Å². The molecule has 178 valence electrons. The van der Waals surface area contributed by atoms with Crippen LogP contribution in [0.4, 0.5) is 5.69 Å². The van der Waals surface area contributed by atoms with E-state index in [-0.39, 0.29) is 16.8 Å². The molecule has 0 spiro atoms. The summed E-state index contributed by atoms with van der Waals surface area (Å²) in [6.45, 7) is 0.621. The second-order valence-electron chi connectivity index (χ2n) is 8.10. The fourth-order valence-electron chi connectivity index (χ4n) is 4.30. The lowest BCUT2D eigenvalue weighted by Crippen LogP contribution is -2.31. The van der Waals surface area contributed by atoms with Gasteiger partial charge in [0.05, 0.1) is 30.8 Å². The molecule has 0 aromatic heterocycles. The number of carbonyl (C=O) groups excluding carboxylic acids is 1. The molecule has 0 bridgehead atoms. The van der Waals surface area contributed by atoms with Crippen molar-refractivity contribution in [2.24, 2.45) is 0 Å². The molecule has 1 fully saturated rings. The van der Waals surface area contributed by atoms with Gasteiger partial charge in [-0.05, 0) is 61.4 Å². The van der Waals surface area contributed by atoms with E-state index >= 15 is 0 Å². The van der Waals surface area contributed by atoms with E-state index in [4.69, 9.17) is 9.47 Å². The summed E-state index contributed by atoms with van der Waals surface area (Å²) in [5.74, 6) is 1.23. The maximum Gasteiger partial charge on any atom is 0.264 e. The van der Waals surface area contributed by atoms with Crippen LogP contribution in [0.5, 0.6) is 11.5 Å². The van der Waals surface area contributed by atoms with Crippen LogP contribution in [0.3, 0.4) is 0 Å². The van der Waals surface area contributed by atoms with Crippen molar-refractivity contribution in [3.8, 4) is 11.5 Å². The van der Waals surface area contributed by atoms with E-state index in [0.717, 1.165) is 18.4 Å². The minimum atomic E-state index is -3.74. The van der Waals surface area contributed by atoms with Gasteiger partial charge in [0.25, 0.3) is 15.9 Å². The third-order valence-electron chi connectivity index (χ3n) is 6.19. The van der Waals surface area contributed by atoms with Gasteiger partial charge in [0.2, 0.25) is 0 Å². The fraction of sp³-hybridized carbons (Fsp3) is 0.269. The number of hydrogen-bond donors (Lipinski definition) is 0. The second-order valence-corrected chi connectivity index (χ2v) is 10.1. The van der Waals surface area contributed by atoms with Crippen molar-refractivity contribution >= 4 is 21.6 Å². The van der Waals surface area contributed by atoms with Crippen molar-refractivity contribution in [2.45, 2.75) is 23.8 Å². The number of ether oxygens (including phenoxy) is 2. The normalized spacial score (nSPS) is 15.7. The van der Waals surface area contributed by atoms with Crippen molar-refractivity contribution < 1.29 is 22.7 Å².